The smallest absolute Gasteiger partial charge is 0.406 e. The zero-order valence-corrected chi connectivity index (χ0v) is 18.0. The molecule has 2 amide bonds. The number of benzene rings is 2. The van der Waals surface area contributed by atoms with Crippen LogP contribution >= 0.6 is 23.2 Å². The lowest BCUT2D eigenvalue weighted by Crippen LogP contribution is -2.39. The average molecular weight is 493 g/mol. The molecule has 0 radical (unpaired) electrons. The Morgan fingerprint density at radius 2 is 1.36 bits per heavy atom. The van der Waals surface area contributed by atoms with Crippen LogP contribution in [0.15, 0.2) is 67.0 Å². The summed E-state index contributed by atoms with van der Waals surface area (Å²) in [6.07, 6.45) is -1.75. The van der Waals surface area contributed by atoms with Crippen molar-refractivity contribution in [3.63, 3.8) is 0 Å². The molecule has 1 aromatic heterocycles. The number of fused-ring (bicyclic) bond motifs is 1. The summed E-state index contributed by atoms with van der Waals surface area (Å²) in [7, 11) is 0. The van der Waals surface area contributed by atoms with Crippen molar-refractivity contribution in [3.8, 4) is 5.75 Å². The minimum Gasteiger partial charge on any atom is -0.406 e. The van der Waals surface area contributed by atoms with Crippen molar-refractivity contribution in [2.75, 3.05) is 4.90 Å². The number of carbonyl (C=O) groups is 2. The third kappa shape index (κ3) is 3.45. The first-order valence-electron chi connectivity index (χ1n) is 9.73. The minimum atomic E-state index is -4.83. The highest BCUT2D eigenvalue weighted by atomic mass is 35.5. The number of hydrogen-bond acceptors (Lipinski definition) is 4. The normalized spacial score (nSPS) is 24.1. The van der Waals surface area contributed by atoms with E-state index in [0.717, 1.165) is 4.90 Å². The maximum absolute atomic E-state index is 13.4. The van der Waals surface area contributed by atoms with Gasteiger partial charge in [-0.1, -0.05) is 35.3 Å². The van der Waals surface area contributed by atoms with Crippen molar-refractivity contribution in [3.05, 3.63) is 88.2 Å². The van der Waals surface area contributed by atoms with Gasteiger partial charge in [0.15, 0.2) is 0 Å². The number of piperidine rings is 1. The van der Waals surface area contributed by atoms with Crippen molar-refractivity contribution in [1.82, 2.24) is 4.98 Å². The first-order valence-corrected chi connectivity index (χ1v) is 10.5. The molecule has 0 N–H and O–H groups in total. The fourth-order valence-electron chi connectivity index (χ4n) is 4.82. The van der Waals surface area contributed by atoms with Crippen LogP contribution in [0.1, 0.15) is 11.1 Å². The number of carbonyl (C=O) groups excluding carboxylic acids is 2. The summed E-state index contributed by atoms with van der Waals surface area (Å²) in [5.74, 6) is -2.74. The number of anilines is 1. The summed E-state index contributed by atoms with van der Waals surface area (Å²) in [6.45, 7) is 0. The lowest BCUT2D eigenvalue weighted by Gasteiger charge is -2.27. The first-order chi connectivity index (χ1) is 15.6. The molecular formula is C23H13Cl2F3N2O3. The summed E-state index contributed by atoms with van der Waals surface area (Å²) < 4.78 is 41.6. The number of hydrogen-bond donors (Lipinski definition) is 0. The molecule has 1 aliphatic carbocycles. The van der Waals surface area contributed by atoms with Gasteiger partial charge >= 0.3 is 6.36 Å². The minimum absolute atomic E-state index is 0.271. The SMILES string of the molecule is O=C1[C@@H]2[C@H](C(=O)N1c1cc(Cl)cc(Cl)c1)[C@]2(c1ccncc1)c1ccc(OC(F)(F)F)cc1. The molecule has 3 aromatic rings. The maximum atomic E-state index is 13.4. The van der Waals surface area contributed by atoms with Gasteiger partial charge in [0.05, 0.1) is 17.5 Å². The van der Waals surface area contributed by atoms with Crippen molar-refractivity contribution in [2.45, 2.75) is 11.8 Å². The van der Waals surface area contributed by atoms with Crippen LogP contribution in [0, 0.1) is 11.8 Å². The van der Waals surface area contributed by atoms with E-state index < -0.39 is 41.2 Å². The molecule has 0 spiro atoms. The number of rotatable bonds is 4. The summed E-state index contributed by atoms with van der Waals surface area (Å²) in [5, 5.41) is 0.554. The second-order valence-electron chi connectivity index (χ2n) is 7.77. The number of pyridine rings is 1. The number of ether oxygens (including phenoxy) is 1. The van der Waals surface area contributed by atoms with Gasteiger partial charge in [0.1, 0.15) is 5.75 Å². The Bertz CT molecular complexity index is 1220. The standard InChI is InChI=1S/C23H13Cl2F3N2O3/c24-14-9-15(25)11-16(10-14)30-20(31)18-19(21(30)32)22(18,13-5-7-29-8-6-13)12-1-3-17(4-2-12)33-23(26,27)28/h1-11,18-19H/t18-,19+,22-. The lowest BCUT2D eigenvalue weighted by molar-refractivity contribution is -0.274. The fraction of sp³-hybridized carbons (Fsp3) is 0.174. The van der Waals surface area contributed by atoms with E-state index in [9.17, 15) is 22.8 Å². The first kappa shape index (κ1) is 21.7. The number of nitrogens with zero attached hydrogens (tertiary/aromatic N) is 2. The summed E-state index contributed by atoms with van der Waals surface area (Å²) >= 11 is 12.1. The topological polar surface area (TPSA) is 59.5 Å². The maximum Gasteiger partial charge on any atom is 0.573 e. The highest BCUT2D eigenvalue weighted by Gasteiger charge is 2.78. The van der Waals surface area contributed by atoms with E-state index in [1.807, 2.05) is 0 Å². The highest BCUT2D eigenvalue weighted by molar-refractivity contribution is 6.36. The quantitative estimate of drug-likeness (QED) is 0.458. The van der Waals surface area contributed by atoms with Crippen LogP contribution in [0.2, 0.25) is 10.0 Å². The summed E-state index contributed by atoms with van der Waals surface area (Å²) in [6, 6.07) is 13.1. The second kappa shape index (κ2) is 7.46. The van der Waals surface area contributed by atoms with Crippen molar-refractivity contribution in [2.24, 2.45) is 11.8 Å². The fourth-order valence-corrected chi connectivity index (χ4v) is 5.33. The molecule has 5 nitrogen and oxygen atoms in total. The number of imide groups is 1. The molecule has 2 aliphatic rings. The average Bonchev–Trinajstić information content (AvgIpc) is 3.37. The van der Waals surface area contributed by atoms with E-state index in [-0.39, 0.29) is 15.7 Å². The van der Waals surface area contributed by atoms with Gasteiger partial charge < -0.3 is 4.74 Å². The van der Waals surface area contributed by atoms with Crippen LogP contribution < -0.4 is 9.64 Å². The van der Waals surface area contributed by atoms with Crippen LogP contribution in [0.4, 0.5) is 18.9 Å². The largest absolute Gasteiger partial charge is 0.573 e. The molecule has 0 bridgehead atoms. The Balaban J connectivity index is 1.56. The molecule has 3 atom stereocenters. The summed E-state index contributed by atoms with van der Waals surface area (Å²) in [5.41, 5.74) is 0.450. The molecule has 0 unspecified atom stereocenters. The zero-order chi connectivity index (χ0) is 23.5. The van der Waals surface area contributed by atoms with Crippen LogP contribution in [-0.2, 0) is 15.0 Å². The Morgan fingerprint density at radius 1 is 0.848 bits per heavy atom. The molecular weight excluding hydrogens is 480 g/mol. The second-order valence-corrected chi connectivity index (χ2v) is 8.64. The summed E-state index contributed by atoms with van der Waals surface area (Å²) in [4.78, 5) is 31.9. The Hall–Kier alpha value is -3.10. The third-order valence-corrected chi connectivity index (χ3v) is 6.44. The lowest BCUT2D eigenvalue weighted by atomic mass is 9.83. The van der Waals surface area contributed by atoms with Gasteiger partial charge in [0.2, 0.25) is 11.8 Å². The van der Waals surface area contributed by atoms with Crippen LogP contribution in [0.5, 0.6) is 5.75 Å². The molecule has 1 saturated heterocycles. The number of amides is 2. The van der Waals surface area contributed by atoms with E-state index in [1.165, 1.54) is 54.9 Å². The van der Waals surface area contributed by atoms with Gasteiger partial charge in [-0.15, -0.1) is 13.2 Å². The molecule has 33 heavy (non-hydrogen) atoms. The molecule has 10 heteroatoms. The Morgan fingerprint density at radius 3 is 1.88 bits per heavy atom. The van der Waals surface area contributed by atoms with E-state index in [0.29, 0.717) is 11.1 Å². The van der Waals surface area contributed by atoms with E-state index in [4.69, 9.17) is 23.2 Å². The highest BCUT2D eigenvalue weighted by Crippen LogP contribution is 2.68. The predicted octanol–water partition coefficient (Wildman–Crippen LogP) is 5.39. The van der Waals surface area contributed by atoms with Gasteiger partial charge in [-0.3, -0.25) is 14.6 Å². The molecule has 1 saturated carbocycles. The van der Waals surface area contributed by atoms with E-state index in [2.05, 4.69) is 9.72 Å². The van der Waals surface area contributed by atoms with Gasteiger partial charge in [0.25, 0.3) is 0 Å². The van der Waals surface area contributed by atoms with Crippen molar-refractivity contribution >= 4 is 40.7 Å². The number of halogens is 5. The van der Waals surface area contributed by atoms with Crippen molar-refractivity contribution in [1.29, 1.82) is 0 Å². The van der Waals surface area contributed by atoms with Gasteiger partial charge in [-0.25, -0.2) is 4.90 Å². The Kier molecular flexibility index (Phi) is 4.91. The molecule has 2 fully saturated rings. The van der Waals surface area contributed by atoms with Crippen molar-refractivity contribution < 1.29 is 27.5 Å². The zero-order valence-electron chi connectivity index (χ0n) is 16.5. The van der Waals surface area contributed by atoms with Gasteiger partial charge in [-0.2, -0.15) is 0 Å². The van der Waals surface area contributed by atoms with Crippen LogP contribution in [-0.4, -0.2) is 23.2 Å². The van der Waals surface area contributed by atoms with Gasteiger partial charge in [-0.05, 0) is 53.6 Å². The third-order valence-electron chi connectivity index (χ3n) is 6.01. The number of aromatic nitrogens is 1. The van der Waals surface area contributed by atoms with E-state index >= 15 is 0 Å². The predicted molar refractivity (Wildman–Crippen MR) is 114 cm³/mol. The molecule has 168 valence electrons. The molecule has 2 heterocycles. The molecule has 2 aromatic carbocycles. The molecule has 5 rings (SSSR count). The monoisotopic (exact) mass is 492 g/mol. The Labute approximate surface area is 195 Å². The number of alkyl halides is 3. The molecule has 1 aliphatic heterocycles. The van der Waals surface area contributed by atoms with Crippen LogP contribution in [0.3, 0.4) is 0 Å². The van der Waals surface area contributed by atoms with Crippen LogP contribution in [0.25, 0.3) is 0 Å². The van der Waals surface area contributed by atoms with Gasteiger partial charge in [0, 0.05) is 27.9 Å². The van der Waals surface area contributed by atoms with E-state index in [1.54, 1.807) is 12.1 Å².